The van der Waals surface area contributed by atoms with Crippen molar-refractivity contribution in [2.45, 2.75) is 39.3 Å². The van der Waals surface area contributed by atoms with E-state index < -0.39 is 0 Å². The van der Waals surface area contributed by atoms with Crippen molar-refractivity contribution >= 4 is 0 Å². The van der Waals surface area contributed by atoms with Gasteiger partial charge in [0.25, 0.3) is 0 Å². The van der Waals surface area contributed by atoms with Crippen LogP contribution in [0.5, 0.6) is 0 Å². The van der Waals surface area contributed by atoms with Crippen LogP contribution in [0.2, 0.25) is 0 Å². The van der Waals surface area contributed by atoms with E-state index in [0.29, 0.717) is 18.1 Å². The standard InChI is InChI=1S/C14H30N2O2/c1-5-6-15-14-11-17-10-13(14)9-16(4)7-8-18-12(2)3/h12-15H,5-11H2,1-4H3. The lowest BCUT2D eigenvalue weighted by atomic mass is 10.0. The third-order valence-electron chi connectivity index (χ3n) is 3.33. The number of ether oxygens (including phenoxy) is 2. The van der Waals surface area contributed by atoms with Crippen LogP contribution in [0.3, 0.4) is 0 Å². The van der Waals surface area contributed by atoms with E-state index in [9.17, 15) is 0 Å². The highest BCUT2D eigenvalue weighted by molar-refractivity contribution is 4.83. The van der Waals surface area contributed by atoms with Crippen LogP contribution in [0.4, 0.5) is 0 Å². The highest BCUT2D eigenvalue weighted by Gasteiger charge is 2.28. The molecule has 2 unspecified atom stereocenters. The van der Waals surface area contributed by atoms with Gasteiger partial charge in [-0.25, -0.2) is 0 Å². The van der Waals surface area contributed by atoms with Crippen molar-refractivity contribution < 1.29 is 9.47 Å². The molecule has 1 rings (SSSR count). The first-order valence-corrected chi connectivity index (χ1v) is 7.24. The van der Waals surface area contributed by atoms with Crippen LogP contribution in [0.15, 0.2) is 0 Å². The SMILES string of the molecule is CCCNC1COCC1CN(C)CCOC(C)C. The minimum absolute atomic E-state index is 0.326. The zero-order valence-corrected chi connectivity index (χ0v) is 12.4. The fourth-order valence-electron chi connectivity index (χ4n) is 2.27. The summed E-state index contributed by atoms with van der Waals surface area (Å²) in [7, 11) is 2.17. The minimum Gasteiger partial charge on any atom is -0.379 e. The van der Waals surface area contributed by atoms with Gasteiger partial charge in [0.05, 0.1) is 25.9 Å². The van der Waals surface area contributed by atoms with Crippen LogP contribution >= 0.6 is 0 Å². The lowest BCUT2D eigenvalue weighted by molar-refractivity contribution is 0.0601. The van der Waals surface area contributed by atoms with E-state index in [2.05, 4.69) is 38.0 Å². The predicted molar refractivity (Wildman–Crippen MR) is 75.0 cm³/mol. The minimum atomic E-state index is 0.326. The monoisotopic (exact) mass is 258 g/mol. The molecule has 1 aliphatic rings. The van der Waals surface area contributed by atoms with E-state index in [-0.39, 0.29) is 0 Å². The number of hydrogen-bond donors (Lipinski definition) is 1. The molecule has 1 N–H and O–H groups in total. The van der Waals surface area contributed by atoms with Crippen molar-refractivity contribution in [1.29, 1.82) is 0 Å². The first-order chi connectivity index (χ1) is 8.63. The average molecular weight is 258 g/mol. The molecule has 0 aromatic carbocycles. The summed E-state index contributed by atoms with van der Waals surface area (Å²) in [6, 6.07) is 0.526. The van der Waals surface area contributed by atoms with Crippen LogP contribution in [0.1, 0.15) is 27.2 Å². The summed E-state index contributed by atoms with van der Waals surface area (Å²) in [5, 5.41) is 3.58. The Morgan fingerprint density at radius 2 is 2.17 bits per heavy atom. The zero-order valence-electron chi connectivity index (χ0n) is 12.4. The highest BCUT2D eigenvalue weighted by Crippen LogP contribution is 2.14. The molecule has 0 aliphatic carbocycles. The molecule has 108 valence electrons. The maximum Gasteiger partial charge on any atom is 0.0623 e. The van der Waals surface area contributed by atoms with Gasteiger partial charge < -0.3 is 19.7 Å². The number of nitrogens with zero attached hydrogens (tertiary/aromatic N) is 1. The van der Waals surface area contributed by atoms with E-state index in [1.165, 1.54) is 6.42 Å². The molecule has 1 aliphatic heterocycles. The molecule has 2 atom stereocenters. The first kappa shape index (κ1) is 15.9. The summed E-state index contributed by atoms with van der Waals surface area (Å²) in [4.78, 5) is 2.35. The van der Waals surface area contributed by atoms with Crippen LogP contribution < -0.4 is 5.32 Å². The maximum absolute atomic E-state index is 5.59. The lowest BCUT2D eigenvalue weighted by Gasteiger charge is -2.25. The van der Waals surface area contributed by atoms with Crippen LogP contribution in [0.25, 0.3) is 0 Å². The Bertz CT molecular complexity index is 212. The Hall–Kier alpha value is -0.160. The van der Waals surface area contributed by atoms with Gasteiger partial charge in [-0.3, -0.25) is 0 Å². The van der Waals surface area contributed by atoms with Crippen LogP contribution in [-0.4, -0.2) is 63.5 Å². The van der Waals surface area contributed by atoms with Gasteiger partial charge in [0, 0.05) is 25.0 Å². The summed E-state index contributed by atoms with van der Waals surface area (Å²) in [5.41, 5.74) is 0. The van der Waals surface area contributed by atoms with Crippen molar-refractivity contribution in [2.75, 3.05) is 46.5 Å². The van der Waals surface area contributed by atoms with Crippen molar-refractivity contribution in [2.24, 2.45) is 5.92 Å². The number of hydrogen-bond acceptors (Lipinski definition) is 4. The van der Waals surface area contributed by atoms with Gasteiger partial charge in [-0.05, 0) is 33.9 Å². The van der Waals surface area contributed by atoms with E-state index in [4.69, 9.17) is 9.47 Å². The van der Waals surface area contributed by atoms with Crippen LogP contribution in [-0.2, 0) is 9.47 Å². The normalized spacial score (nSPS) is 24.3. The smallest absolute Gasteiger partial charge is 0.0623 e. The van der Waals surface area contributed by atoms with Crippen molar-refractivity contribution in [3.05, 3.63) is 0 Å². The number of rotatable bonds is 9. The third-order valence-corrected chi connectivity index (χ3v) is 3.33. The largest absolute Gasteiger partial charge is 0.379 e. The Morgan fingerprint density at radius 3 is 2.83 bits per heavy atom. The Morgan fingerprint density at radius 1 is 1.39 bits per heavy atom. The number of likely N-dealkylation sites (N-methyl/N-ethyl adjacent to an activating group) is 1. The number of nitrogens with one attached hydrogen (secondary N) is 1. The summed E-state index contributed by atoms with van der Waals surface area (Å²) in [6.45, 7) is 12.1. The van der Waals surface area contributed by atoms with E-state index >= 15 is 0 Å². The van der Waals surface area contributed by atoms with E-state index in [1.807, 2.05) is 0 Å². The van der Waals surface area contributed by atoms with Crippen molar-refractivity contribution in [3.8, 4) is 0 Å². The Balaban J connectivity index is 2.18. The van der Waals surface area contributed by atoms with E-state index in [0.717, 1.165) is 39.5 Å². The van der Waals surface area contributed by atoms with Crippen LogP contribution in [0, 0.1) is 5.92 Å². The summed E-state index contributed by atoms with van der Waals surface area (Å²) in [6.07, 6.45) is 1.51. The summed E-state index contributed by atoms with van der Waals surface area (Å²) in [5.74, 6) is 0.612. The van der Waals surface area contributed by atoms with Gasteiger partial charge in [0.2, 0.25) is 0 Å². The average Bonchev–Trinajstić information content (AvgIpc) is 2.73. The molecule has 0 bridgehead atoms. The molecule has 1 saturated heterocycles. The summed E-state index contributed by atoms with van der Waals surface area (Å²) >= 11 is 0. The van der Waals surface area contributed by atoms with Gasteiger partial charge in [-0.1, -0.05) is 6.92 Å². The highest BCUT2D eigenvalue weighted by atomic mass is 16.5. The van der Waals surface area contributed by atoms with Gasteiger partial charge in [0.15, 0.2) is 0 Å². The second-order valence-electron chi connectivity index (χ2n) is 5.54. The molecule has 1 heterocycles. The second kappa shape index (κ2) is 8.86. The molecule has 0 aromatic heterocycles. The quantitative estimate of drug-likeness (QED) is 0.677. The zero-order chi connectivity index (χ0) is 13.4. The molecular formula is C14H30N2O2. The first-order valence-electron chi connectivity index (χ1n) is 7.24. The lowest BCUT2D eigenvalue weighted by Crippen LogP contribution is -2.41. The van der Waals surface area contributed by atoms with Gasteiger partial charge >= 0.3 is 0 Å². The fraction of sp³-hybridized carbons (Fsp3) is 1.00. The topological polar surface area (TPSA) is 33.7 Å². The Kier molecular flexibility index (Phi) is 7.82. The second-order valence-corrected chi connectivity index (χ2v) is 5.54. The molecule has 0 amide bonds. The molecule has 18 heavy (non-hydrogen) atoms. The van der Waals surface area contributed by atoms with Crippen molar-refractivity contribution in [1.82, 2.24) is 10.2 Å². The van der Waals surface area contributed by atoms with Crippen molar-refractivity contribution in [3.63, 3.8) is 0 Å². The molecule has 0 radical (unpaired) electrons. The molecule has 0 saturated carbocycles. The van der Waals surface area contributed by atoms with Gasteiger partial charge in [0.1, 0.15) is 0 Å². The Labute approximate surface area is 112 Å². The molecule has 4 heteroatoms. The predicted octanol–water partition coefficient (Wildman–Crippen LogP) is 1.36. The molecule has 0 aromatic rings. The van der Waals surface area contributed by atoms with Gasteiger partial charge in [-0.2, -0.15) is 0 Å². The van der Waals surface area contributed by atoms with E-state index in [1.54, 1.807) is 0 Å². The summed E-state index contributed by atoms with van der Waals surface area (Å²) < 4.78 is 11.2. The molecular weight excluding hydrogens is 228 g/mol. The molecule has 0 spiro atoms. The fourth-order valence-corrected chi connectivity index (χ4v) is 2.27. The third kappa shape index (κ3) is 6.14. The van der Waals surface area contributed by atoms with Gasteiger partial charge in [-0.15, -0.1) is 0 Å². The molecule has 4 nitrogen and oxygen atoms in total. The molecule has 1 fully saturated rings. The maximum atomic E-state index is 5.59.